The van der Waals surface area contributed by atoms with Crippen LogP contribution in [0.25, 0.3) is 0 Å². The SMILES string of the molecule is CSc1cccc(NC(=O)CCCN(C)C(=O)OC(C)(C)C)c1. The summed E-state index contributed by atoms with van der Waals surface area (Å²) in [4.78, 5) is 26.3. The standard InChI is InChI=1S/C17H26N2O3S/c1-17(2,3)22-16(21)19(4)11-7-10-15(20)18-13-8-6-9-14(12-13)23-5/h6,8-9,12H,7,10-11H2,1-5H3,(H,18,20). The monoisotopic (exact) mass is 338 g/mol. The minimum atomic E-state index is -0.509. The number of carbonyl (C=O) groups excluding carboxylic acids is 2. The minimum Gasteiger partial charge on any atom is -0.444 e. The van der Waals surface area contributed by atoms with E-state index in [1.54, 1.807) is 18.8 Å². The first-order valence-corrected chi connectivity index (χ1v) is 8.82. The molecule has 0 unspecified atom stereocenters. The van der Waals surface area contributed by atoms with Crippen LogP contribution >= 0.6 is 11.8 Å². The molecule has 2 amide bonds. The van der Waals surface area contributed by atoms with Crippen molar-refractivity contribution >= 4 is 29.4 Å². The number of hydrogen-bond donors (Lipinski definition) is 1. The molecule has 1 rings (SSSR count). The summed E-state index contributed by atoms with van der Waals surface area (Å²) in [7, 11) is 1.67. The van der Waals surface area contributed by atoms with E-state index in [-0.39, 0.29) is 12.0 Å². The summed E-state index contributed by atoms with van der Waals surface area (Å²) in [6.45, 7) is 5.96. The van der Waals surface area contributed by atoms with E-state index in [0.717, 1.165) is 10.6 Å². The molecule has 5 nitrogen and oxygen atoms in total. The van der Waals surface area contributed by atoms with Gasteiger partial charge >= 0.3 is 6.09 Å². The van der Waals surface area contributed by atoms with Gasteiger partial charge in [0.25, 0.3) is 0 Å². The quantitative estimate of drug-likeness (QED) is 0.797. The number of hydrogen-bond acceptors (Lipinski definition) is 4. The van der Waals surface area contributed by atoms with Crippen molar-refractivity contribution in [2.45, 2.75) is 44.1 Å². The normalized spacial score (nSPS) is 11.0. The molecular weight excluding hydrogens is 312 g/mol. The molecule has 0 heterocycles. The zero-order valence-electron chi connectivity index (χ0n) is 14.5. The highest BCUT2D eigenvalue weighted by Crippen LogP contribution is 2.19. The molecule has 0 aliphatic carbocycles. The Balaban J connectivity index is 2.34. The van der Waals surface area contributed by atoms with Crippen LogP contribution in [0.1, 0.15) is 33.6 Å². The van der Waals surface area contributed by atoms with Gasteiger partial charge in [0.2, 0.25) is 5.91 Å². The third-order valence-electron chi connectivity index (χ3n) is 2.96. The number of thioether (sulfide) groups is 1. The molecule has 1 aromatic rings. The van der Waals surface area contributed by atoms with E-state index < -0.39 is 5.60 Å². The predicted molar refractivity (Wildman–Crippen MR) is 95.0 cm³/mol. The van der Waals surface area contributed by atoms with Crippen LogP contribution in [0.5, 0.6) is 0 Å². The Labute approximate surface area is 142 Å². The average Bonchev–Trinajstić information content (AvgIpc) is 2.45. The fourth-order valence-corrected chi connectivity index (χ4v) is 2.29. The Bertz CT molecular complexity index is 541. The molecule has 0 saturated carbocycles. The van der Waals surface area contributed by atoms with Crippen molar-refractivity contribution in [2.75, 3.05) is 25.2 Å². The number of nitrogens with zero attached hydrogens (tertiary/aromatic N) is 1. The molecule has 23 heavy (non-hydrogen) atoms. The number of benzene rings is 1. The molecule has 6 heteroatoms. The van der Waals surface area contributed by atoms with E-state index >= 15 is 0 Å². The summed E-state index contributed by atoms with van der Waals surface area (Å²) in [6, 6.07) is 7.72. The largest absolute Gasteiger partial charge is 0.444 e. The smallest absolute Gasteiger partial charge is 0.410 e. The van der Waals surface area contributed by atoms with Gasteiger partial charge in [-0.3, -0.25) is 4.79 Å². The molecule has 0 aliphatic rings. The molecule has 0 radical (unpaired) electrons. The molecule has 128 valence electrons. The van der Waals surface area contributed by atoms with E-state index in [1.807, 2.05) is 51.3 Å². The fourth-order valence-electron chi connectivity index (χ4n) is 1.83. The van der Waals surface area contributed by atoms with Crippen LogP contribution in [-0.2, 0) is 9.53 Å². The van der Waals surface area contributed by atoms with Crippen molar-refractivity contribution < 1.29 is 14.3 Å². The van der Waals surface area contributed by atoms with Crippen LogP contribution in [0.15, 0.2) is 29.2 Å². The van der Waals surface area contributed by atoms with Gasteiger partial charge in [0, 0.05) is 30.6 Å². The maximum Gasteiger partial charge on any atom is 0.410 e. The van der Waals surface area contributed by atoms with Gasteiger partial charge in [0.1, 0.15) is 5.60 Å². The Morgan fingerprint density at radius 1 is 1.30 bits per heavy atom. The highest BCUT2D eigenvalue weighted by atomic mass is 32.2. The summed E-state index contributed by atoms with van der Waals surface area (Å²) < 4.78 is 5.26. The Kier molecular flexibility index (Phi) is 7.42. The fraction of sp³-hybridized carbons (Fsp3) is 0.529. The highest BCUT2D eigenvalue weighted by molar-refractivity contribution is 7.98. The van der Waals surface area contributed by atoms with E-state index in [9.17, 15) is 9.59 Å². The summed E-state index contributed by atoms with van der Waals surface area (Å²) in [5.41, 5.74) is 0.285. The Hall–Kier alpha value is -1.69. The molecule has 0 bridgehead atoms. The molecule has 0 fully saturated rings. The number of anilines is 1. The number of ether oxygens (including phenoxy) is 1. The first-order valence-electron chi connectivity index (χ1n) is 7.59. The second-order valence-corrected chi connectivity index (χ2v) is 7.17. The van der Waals surface area contributed by atoms with E-state index in [2.05, 4.69) is 5.32 Å². The second-order valence-electron chi connectivity index (χ2n) is 6.29. The van der Waals surface area contributed by atoms with Gasteiger partial charge in [0.15, 0.2) is 0 Å². The molecule has 0 aliphatic heterocycles. The van der Waals surface area contributed by atoms with Crippen molar-refractivity contribution in [3.8, 4) is 0 Å². The van der Waals surface area contributed by atoms with Gasteiger partial charge < -0.3 is 15.0 Å². The predicted octanol–water partition coefficient (Wildman–Crippen LogP) is 3.99. The zero-order valence-corrected chi connectivity index (χ0v) is 15.3. The van der Waals surface area contributed by atoms with Crippen molar-refractivity contribution in [2.24, 2.45) is 0 Å². The van der Waals surface area contributed by atoms with Crippen LogP contribution in [0.4, 0.5) is 10.5 Å². The number of nitrogens with one attached hydrogen (secondary N) is 1. The number of amides is 2. The first kappa shape index (κ1) is 19.4. The topological polar surface area (TPSA) is 58.6 Å². The molecule has 0 saturated heterocycles. The highest BCUT2D eigenvalue weighted by Gasteiger charge is 2.19. The van der Waals surface area contributed by atoms with Crippen molar-refractivity contribution in [3.63, 3.8) is 0 Å². The van der Waals surface area contributed by atoms with E-state index in [4.69, 9.17) is 4.74 Å². The molecule has 0 atom stereocenters. The molecule has 1 N–H and O–H groups in total. The third-order valence-corrected chi connectivity index (χ3v) is 3.68. The van der Waals surface area contributed by atoms with E-state index in [1.165, 1.54) is 4.90 Å². The first-order chi connectivity index (χ1) is 10.7. The van der Waals surface area contributed by atoms with Gasteiger partial charge in [0.05, 0.1) is 0 Å². The molecule has 0 spiro atoms. The number of rotatable bonds is 6. The molecular formula is C17H26N2O3S. The lowest BCUT2D eigenvalue weighted by atomic mass is 10.2. The van der Waals surface area contributed by atoms with Crippen molar-refractivity contribution in [1.82, 2.24) is 4.90 Å². The number of carbonyl (C=O) groups is 2. The average molecular weight is 338 g/mol. The summed E-state index contributed by atoms with van der Waals surface area (Å²) in [5.74, 6) is -0.0548. The Morgan fingerprint density at radius 3 is 2.61 bits per heavy atom. The molecule has 0 aromatic heterocycles. The van der Waals surface area contributed by atoms with Crippen LogP contribution in [0, 0.1) is 0 Å². The minimum absolute atomic E-state index is 0.0548. The molecule has 1 aromatic carbocycles. The van der Waals surface area contributed by atoms with Crippen LogP contribution < -0.4 is 5.32 Å². The van der Waals surface area contributed by atoms with Crippen LogP contribution in [0.3, 0.4) is 0 Å². The van der Waals surface area contributed by atoms with Crippen LogP contribution in [0.2, 0.25) is 0 Å². The van der Waals surface area contributed by atoms with Gasteiger partial charge in [-0.2, -0.15) is 0 Å². The summed E-state index contributed by atoms with van der Waals surface area (Å²) in [6.07, 6.45) is 2.57. The van der Waals surface area contributed by atoms with E-state index in [0.29, 0.717) is 19.4 Å². The Morgan fingerprint density at radius 2 is 2.00 bits per heavy atom. The zero-order chi connectivity index (χ0) is 17.5. The summed E-state index contributed by atoms with van der Waals surface area (Å²) >= 11 is 1.63. The van der Waals surface area contributed by atoms with Crippen LogP contribution in [-0.4, -0.2) is 42.3 Å². The van der Waals surface area contributed by atoms with Crippen molar-refractivity contribution in [1.29, 1.82) is 0 Å². The van der Waals surface area contributed by atoms with Crippen molar-refractivity contribution in [3.05, 3.63) is 24.3 Å². The summed E-state index contributed by atoms with van der Waals surface area (Å²) in [5, 5.41) is 2.87. The maximum absolute atomic E-state index is 11.9. The van der Waals surface area contributed by atoms with Gasteiger partial charge in [-0.25, -0.2) is 4.79 Å². The maximum atomic E-state index is 11.9. The van der Waals surface area contributed by atoms with Gasteiger partial charge in [-0.1, -0.05) is 6.07 Å². The lowest BCUT2D eigenvalue weighted by molar-refractivity contribution is -0.116. The lowest BCUT2D eigenvalue weighted by Gasteiger charge is -2.24. The third kappa shape index (κ3) is 7.93. The van der Waals surface area contributed by atoms with Gasteiger partial charge in [-0.15, -0.1) is 11.8 Å². The van der Waals surface area contributed by atoms with Gasteiger partial charge in [-0.05, 0) is 51.6 Å². The second kappa shape index (κ2) is 8.82. The lowest BCUT2D eigenvalue weighted by Crippen LogP contribution is -2.35.